The summed E-state index contributed by atoms with van der Waals surface area (Å²) < 4.78 is 18.4. The molecule has 1 aromatic carbocycles. The molecule has 1 fully saturated rings. The number of nitrogens with zero attached hydrogens (tertiary/aromatic N) is 3. The van der Waals surface area contributed by atoms with Gasteiger partial charge in [0.15, 0.2) is 11.2 Å². The summed E-state index contributed by atoms with van der Waals surface area (Å²) in [6.45, 7) is 4.30. The maximum Gasteiger partial charge on any atom is 0.280 e. The summed E-state index contributed by atoms with van der Waals surface area (Å²) in [5, 5.41) is 0. The molecule has 0 spiro atoms. The summed E-state index contributed by atoms with van der Waals surface area (Å²) in [4.78, 5) is 22.2. The van der Waals surface area contributed by atoms with Crippen LogP contribution in [0.1, 0.15) is 25.3 Å². The predicted molar refractivity (Wildman–Crippen MR) is 99.9 cm³/mol. The predicted octanol–water partition coefficient (Wildman–Crippen LogP) is 1.82. The monoisotopic (exact) mass is 373 g/mol. The molecule has 0 amide bonds. The number of hydrogen-bond donors (Lipinski definition) is 2. The molecule has 9 nitrogen and oxygen atoms in total. The molecule has 0 atom stereocenters. The van der Waals surface area contributed by atoms with Crippen LogP contribution in [-0.2, 0) is 20.9 Å². The van der Waals surface area contributed by atoms with E-state index in [1.807, 2.05) is 44.2 Å². The molecule has 0 saturated carbocycles. The first kappa shape index (κ1) is 19.0. The second kappa shape index (κ2) is 8.76. The highest BCUT2D eigenvalue weighted by Gasteiger charge is 2.24. The molecule has 1 aliphatic heterocycles. The van der Waals surface area contributed by atoms with Crippen LogP contribution in [0.4, 0.5) is 5.95 Å². The van der Waals surface area contributed by atoms with Gasteiger partial charge in [0, 0.05) is 5.92 Å². The van der Waals surface area contributed by atoms with Crippen LogP contribution >= 0.6 is 0 Å². The Morgan fingerprint density at radius 3 is 2.67 bits per heavy atom. The van der Waals surface area contributed by atoms with Gasteiger partial charge < -0.3 is 19.9 Å². The Balaban J connectivity index is 0.00000102. The zero-order valence-corrected chi connectivity index (χ0v) is 15.3. The Morgan fingerprint density at radius 2 is 1.96 bits per heavy atom. The molecule has 144 valence electrons. The zero-order chi connectivity index (χ0) is 19.2. The molecule has 9 heteroatoms. The fourth-order valence-corrected chi connectivity index (χ4v) is 2.71. The highest BCUT2D eigenvalue weighted by molar-refractivity contribution is 5.70. The summed E-state index contributed by atoms with van der Waals surface area (Å²) in [6, 6.07) is 10.0. The van der Waals surface area contributed by atoms with Crippen LogP contribution in [0, 0.1) is 0 Å². The molecule has 0 radical (unpaired) electrons. The Labute approximate surface area is 156 Å². The van der Waals surface area contributed by atoms with Crippen molar-refractivity contribution >= 4 is 17.1 Å². The summed E-state index contributed by atoms with van der Waals surface area (Å²) in [7, 11) is 0. The van der Waals surface area contributed by atoms with E-state index in [2.05, 4.69) is 15.0 Å². The third-order valence-electron chi connectivity index (χ3n) is 3.98. The number of anilines is 1. The van der Waals surface area contributed by atoms with Crippen LogP contribution in [0.15, 0.2) is 41.5 Å². The van der Waals surface area contributed by atoms with E-state index in [1.54, 1.807) is 4.57 Å². The Hall–Kier alpha value is -2.75. The molecule has 27 heavy (non-hydrogen) atoms. The molecule has 2 aromatic heterocycles. The van der Waals surface area contributed by atoms with E-state index in [0.717, 1.165) is 0 Å². The molecule has 4 rings (SSSR count). The van der Waals surface area contributed by atoms with E-state index < -0.39 is 12.0 Å². The average Bonchev–Trinajstić information content (AvgIpc) is 3.12. The second-order valence-corrected chi connectivity index (χ2v) is 5.70. The Morgan fingerprint density at radius 1 is 1.26 bits per heavy atom. The highest BCUT2D eigenvalue weighted by Crippen LogP contribution is 2.22. The van der Waals surface area contributed by atoms with Gasteiger partial charge in [-0.1, -0.05) is 44.2 Å². The number of nitrogens with two attached hydrogens (primary N) is 1. The van der Waals surface area contributed by atoms with Crippen molar-refractivity contribution in [2.24, 2.45) is 0 Å². The largest absolute Gasteiger partial charge is 0.369 e. The van der Waals surface area contributed by atoms with Crippen LogP contribution in [0.2, 0.25) is 0 Å². The molecule has 1 aliphatic rings. The van der Waals surface area contributed by atoms with Crippen molar-refractivity contribution in [1.82, 2.24) is 19.5 Å². The van der Waals surface area contributed by atoms with Gasteiger partial charge in [0.1, 0.15) is 6.73 Å². The number of aromatic nitrogens is 4. The standard InChI is InChI=1S/C16H17N5O4.C2H6/c17-15-19-13-12(14(22)20-15)18-8-21(13)9-25-16-23-6-11(7-24-16)10-4-2-1-3-5-10;1-2/h1-5,8,11,16H,6-7,9H2,(H3,17,19,20,22);1-2H3. The number of ether oxygens (including phenoxy) is 3. The van der Waals surface area contributed by atoms with Gasteiger partial charge in [-0.25, -0.2) is 4.98 Å². The molecule has 3 aromatic rings. The van der Waals surface area contributed by atoms with Crippen molar-refractivity contribution < 1.29 is 14.2 Å². The number of aromatic amines is 1. The molecule has 0 bridgehead atoms. The number of imidazole rings is 1. The van der Waals surface area contributed by atoms with Crippen molar-refractivity contribution in [2.45, 2.75) is 33.0 Å². The summed E-state index contributed by atoms with van der Waals surface area (Å²) >= 11 is 0. The normalized spacial score (nSPS) is 19.5. The highest BCUT2D eigenvalue weighted by atomic mass is 16.8. The number of H-pyrrole nitrogens is 1. The topological polar surface area (TPSA) is 117 Å². The molecule has 3 heterocycles. The van der Waals surface area contributed by atoms with Gasteiger partial charge in [-0.3, -0.25) is 14.3 Å². The molecule has 0 unspecified atom stereocenters. The fourth-order valence-electron chi connectivity index (χ4n) is 2.71. The van der Waals surface area contributed by atoms with E-state index in [0.29, 0.717) is 18.9 Å². The summed E-state index contributed by atoms with van der Waals surface area (Å²) in [5.41, 5.74) is 6.89. The smallest absolute Gasteiger partial charge is 0.280 e. The lowest BCUT2D eigenvalue weighted by atomic mass is 10.0. The lowest BCUT2D eigenvalue weighted by Crippen LogP contribution is -2.33. The van der Waals surface area contributed by atoms with E-state index in [1.165, 1.54) is 11.9 Å². The minimum absolute atomic E-state index is 0.0233. The fraction of sp³-hybridized carbons (Fsp3) is 0.389. The molecular weight excluding hydrogens is 350 g/mol. The number of hydrogen-bond acceptors (Lipinski definition) is 7. The zero-order valence-electron chi connectivity index (χ0n) is 15.3. The van der Waals surface area contributed by atoms with E-state index in [-0.39, 0.29) is 24.1 Å². The summed E-state index contributed by atoms with van der Waals surface area (Å²) in [6.07, 6.45) is 1.46. The number of rotatable bonds is 4. The third-order valence-corrected chi connectivity index (χ3v) is 3.98. The molecule has 1 saturated heterocycles. The number of benzene rings is 1. The summed E-state index contributed by atoms with van der Waals surface area (Å²) in [5.74, 6) is 0.199. The first-order chi connectivity index (χ1) is 13.2. The van der Waals surface area contributed by atoms with Crippen molar-refractivity contribution in [1.29, 1.82) is 0 Å². The molecule has 3 N–H and O–H groups in total. The Kier molecular flexibility index (Phi) is 6.17. The van der Waals surface area contributed by atoms with E-state index in [4.69, 9.17) is 19.9 Å². The first-order valence-corrected chi connectivity index (χ1v) is 8.81. The molecule has 0 aliphatic carbocycles. The van der Waals surface area contributed by atoms with Crippen LogP contribution in [0.5, 0.6) is 0 Å². The lowest BCUT2D eigenvalue weighted by Gasteiger charge is -2.29. The SMILES string of the molecule is CC.Nc1nc2c(ncn2COC2OCC(c3ccccc3)CO2)c(=O)[nH]1. The third kappa shape index (κ3) is 4.33. The number of nitrogens with one attached hydrogen (secondary N) is 1. The molecular formula is C18H23N5O4. The Bertz CT molecular complexity index is 916. The van der Waals surface area contributed by atoms with Crippen LogP contribution in [-0.4, -0.2) is 39.2 Å². The van der Waals surface area contributed by atoms with Crippen molar-refractivity contribution in [3.8, 4) is 0 Å². The maximum atomic E-state index is 11.7. The maximum absolute atomic E-state index is 11.7. The van der Waals surface area contributed by atoms with Gasteiger partial charge in [0.05, 0.1) is 19.5 Å². The number of nitrogen functional groups attached to an aromatic ring is 1. The first-order valence-electron chi connectivity index (χ1n) is 8.81. The van der Waals surface area contributed by atoms with Gasteiger partial charge in [-0.15, -0.1) is 0 Å². The van der Waals surface area contributed by atoms with E-state index >= 15 is 0 Å². The van der Waals surface area contributed by atoms with Crippen LogP contribution in [0.3, 0.4) is 0 Å². The van der Waals surface area contributed by atoms with Gasteiger partial charge in [0.2, 0.25) is 5.95 Å². The minimum Gasteiger partial charge on any atom is -0.369 e. The van der Waals surface area contributed by atoms with E-state index in [9.17, 15) is 4.79 Å². The average molecular weight is 373 g/mol. The van der Waals surface area contributed by atoms with Crippen LogP contribution < -0.4 is 11.3 Å². The van der Waals surface area contributed by atoms with Crippen molar-refractivity contribution in [3.63, 3.8) is 0 Å². The van der Waals surface area contributed by atoms with Crippen molar-refractivity contribution in [3.05, 3.63) is 52.6 Å². The van der Waals surface area contributed by atoms with Gasteiger partial charge in [-0.2, -0.15) is 4.98 Å². The lowest BCUT2D eigenvalue weighted by molar-refractivity contribution is -0.325. The van der Waals surface area contributed by atoms with Crippen molar-refractivity contribution in [2.75, 3.05) is 18.9 Å². The minimum atomic E-state index is -0.781. The van der Waals surface area contributed by atoms with Gasteiger partial charge in [0.25, 0.3) is 12.0 Å². The van der Waals surface area contributed by atoms with Gasteiger partial charge in [-0.05, 0) is 5.56 Å². The van der Waals surface area contributed by atoms with Gasteiger partial charge >= 0.3 is 0 Å². The van der Waals surface area contributed by atoms with Crippen LogP contribution in [0.25, 0.3) is 11.2 Å². The second-order valence-electron chi connectivity index (χ2n) is 5.70. The quantitative estimate of drug-likeness (QED) is 0.716. The number of fused-ring (bicyclic) bond motifs is 1.